The van der Waals surface area contributed by atoms with Crippen molar-refractivity contribution in [3.63, 3.8) is 0 Å². The normalized spacial score (nSPS) is 25.9. The monoisotopic (exact) mass is 451 g/mol. The topological polar surface area (TPSA) is 88.2 Å². The molecule has 3 heterocycles. The zero-order valence-electron chi connectivity index (χ0n) is 18.0. The van der Waals surface area contributed by atoms with E-state index in [-0.39, 0.29) is 23.5 Å². The van der Waals surface area contributed by atoms with Crippen molar-refractivity contribution in [2.24, 2.45) is 5.92 Å². The molecular weight excluding hydrogens is 418 g/mol. The fourth-order valence-electron chi connectivity index (χ4n) is 4.64. The molecule has 9 heteroatoms. The number of benzene rings is 1. The van der Waals surface area contributed by atoms with Gasteiger partial charge in [0.1, 0.15) is 0 Å². The zero-order chi connectivity index (χ0) is 21.7. The fraction of sp³-hybridized carbons (Fsp3) is 0.682. The van der Waals surface area contributed by atoms with Crippen LogP contribution in [0.15, 0.2) is 24.3 Å². The molecule has 3 aliphatic rings. The maximum absolute atomic E-state index is 12.9. The van der Waals surface area contributed by atoms with Gasteiger partial charge in [-0.05, 0) is 24.1 Å². The van der Waals surface area contributed by atoms with Gasteiger partial charge in [0.2, 0.25) is 0 Å². The standard InChI is InChI=1S/C22H33N3O5S/c26-22(23-15-21(20-4-9-30-17-20)25-5-10-29-11-6-25)19-3-1-2-18(14-19)16-24-7-12-31(27,28)13-8-24/h1-3,14,20-21H,4-13,15-17H2,(H,23,26). The summed E-state index contributed by atoms with van der Waals surface area (Å²) in [6.45, 7) is 7.13. The number of morpholine rings is 1. The Morgan fingerprint density at radius 2 is 1.87 bits per heavy atom. The quantitative estimate of drug-likeness (QED) is 0.641. The lowest BCUT2D eigenvalue weighted by molar-refractivity contribution is 0.00166. The molecule has 3 aliphatic heterocycles. The lowest BCUT2D eigenvalue weighted by Crippen LogP contribution is -2.52. The smallest absolute Gasteiger partial charge is 0.251 e. The van der Waals surface area contributed by atoms with Crippen molar-refractivity contribution in [3.05, 3.63) is 35.4 Å². The molecule has 172 valence electrons. The molecule has 0 spiro atoms. The van der Waals surface area contributed by atoms with Gasteiger partial charge < -0.3 is 14.8 Å². The lowest BCUT2D eigenvalue weighted by Gasteiger charge is -2.37. The van der Waals surface area contributed by atoms with E-state index < -0.39 is 9.84 Å². The van der Waals surface area contributed by atoms with Crippen molar-refractivity contribution in [1.82, 2.24) is 15.1 Å². The average molecular weight is 452 g/mol. The van der Waals surface area contributed by atoms with Crippen LogP contribution in [0, 0.1) is 5.92 Å². The van der Waals surface area contributed by atoms with E-state index in [9.17, 15) is 13.2 Å². The number of nitrogens with zero attached hydrogens (tertiary/aromatic N) is 2. The summed E-state index contributed by atoms with van der Waals surface area (Å²) in [6, 6.07) is 7.90. The van der Waals surface area contributed by atoms with Crippen molar-refractivity contribution in [3.8, 4) is 0 Å². The van der Waals surface area contributed by atoms with Crippen LogP contribution in [0.2, 0.25) is 0 Å². The van der Waals surface area contributed by atoms with Crippen LogP contribution in [0.25, 0.3) is 0 Å². The second-order valence-electron chi connectivity index (χ2n) is 8.68. The van der Waals surface area contributed by atoms with Crippen LogP contribution < -0.4 is 5.32 Å². The predicted molar refractivity (Wildman–Crippen MR) is 118 cm³/mol. The van der Waals surface area contributed by atoms with Crippen molar-refractivity contribution in [2.45, 2.75) is 19.0 Å². The van der Waals surface area contributed by atoms with Crippen LogP contribution in [-0.2, 0) is 25.9 Å². The van der Waals surface area contributed by atoms with Gasteiger partial charge in [-0.3, -0.25) is 14.6 Å². The summed E-state index contributed by atoms with van der Waals surface area (Å²) < 4.78 is 34.4. The summed E-state index contributed by atoms with van der Waals surface area (Å²) >= 11 is 0. The van der Waals surface area contributed by atoms with Gasteiger partial charge >= 0.3 is 0 Å². The highest BCUT2D eigenvalue weighted by Crippen LogP contribution is 2.22. The molecular formula is C22H33N3O5S. The minimum absolute atomic E-state index is 0.0692. The Kier molecular flexibility index (Phi) is 7.60. The molecule has 3 fully saturated rings. The number of sulfone groups is 1. The van der Waals surface area contributed by atoms with Gasteiger partial charge in [-0.25, -0.2) is 8.42 Å². The first-order valence-electron chi connectivity index (χ1n) is 11.2. The lowest BCUT2D eigenvalue weighted by atomic mass is 9.96. The Balaban J connectivity index is 1.34. The molecule has 0 saturated carbocycles. The van der Waals surface area contributed by atoms with Gasteiger partial charge in [0.05, 0.1) is 31.3 Å². The van der Waals surface area contributed by atoms with Crippen molar-refractivity contribution in [2.75, 3.05) is 70.7 Å². The third-order valence-corrected chi connectivity index (χ3v) is 8.14. The van der Waals surface area contributed by atoms with Crippen LogP contribution in [-0.4, -0.2) is 101 Å². The van der Waals surface area contributed by atoms with E-state index in [2.05, 4.69) is 15.1 Å². The number of carbonyl (C=O) groups is 1. The Hall–Kier alpha value is -1.52. The third kappa shape index (κ3) is 6.26. The van der Waals surface area contributed by atoms with Crippen molar-refractivity contribution < 1.29 is 22.7 Å². The van der Waals surface area contributed by atoms with E-state index in [0.717, 1.165) is 51.5 Å². The summed E-state index contributed by atoms with van der Waals surface area (Å²) in [5.41, 5.74) is 1.67. The molecule has 1 aromatic rings. The van der Waals surface area contributed by atoms with Gasteiger partial charge in [-0.15, -0.1) is 0 Å². The van der Waals surface area contributed by atoms with E-state index in [4.69, 9.17) is 9.47 Å². The highest BCUT2D eigenvalue weighted by molar-refractivity contribution is 7.91. The van der Waals surface area contributed by atoms with E-state index in [1.165, 1.54) is 0 Å². The minimum Gasteiger partial charge on any atom is -0.381 e. The molecule has 4 rings (SSSR count). The summed E-state index contributed by atoms with van der Waals surface area (Å²) in [4.78, 5) is 17.5. The molecule has 0 bridgehead atoms. The van der Waals surface area contributed by atoms with E-state index in [0.29, 0.717) is 37.7 Å². The predicted octanol–water partition coefficient (Wildman–Crippen LogP) is 0.384. The first-order valence-corrected chi connectivity index (χ1v) is 13.0. The maximum atomic E-state index is 12.9. The van der Waals surface area contributed by atoms with Gasteiger partial charge in [-0.1, -0.05) is 12.1 Å². The second kappa shape index (κ2) is 10.4. The van der Waals surface area contributed by atoms with E-state index >= 15 is 0 Å². The molecule has 1 aromatic carbocycles. The van der Waals surface area contributed by atoms with Crippen LogP contribution in [0.1, 0.15) is 22.3 Å². The third-order valence-electron chi connectivity index (χ3n) is 6.53. The Morgan fingerprint density at radius 3 is 2.58 bits per heavy atom. The SMILES string of the molecule is O=C(NCC(C1CCOC1)N1CCOCC1)c1cccc(CN2CCS(=O)(=O)CC2)c1. The number of amides is 1. The summed E-state index contributed by atoms with van der Waals surface area (Å²) in [7, 11) is -2.89. The zero-order valence-corrected chi connectivity index (χ0v) is 18.8. The summed E-state index contributed by atoms with van der Waals surface area (Å²) in [6.07, 6.45) is 1.03. The minimum atomic E-state index is -2.89. The Morgan fingerprint density at radius 1 is 1.10 bits per heavy atom. The molecule has 2 unspecified atom stereocenters. The van der Waals surface area contributed by atoms with Crippen molar-refractivity contribution >= 4 is 15.7 Å². The number of ether oxygens (including phenoxy) is 2. The molecule has 31 heavy (non-hydrogen) atoms. The average Bonchev–Trinajstić information content (AvgIpc) is 3.31. The van der Waals surface area contributed by atoms with Crippen LogP contribution in [0.5, 0.6) is 0 Å². The molecule has 0 radical (unpaired) electrons. The van der Waals surface area contributed by atoms with Gasteiger partial charge in [0.25, 0.3) is 5.91 Å². The first-order chi connectivity index (χ1) is 15.0. The summed E-state index contributed by atoms with van der Waals surface area (Å²) in [5, 5.41) is 3.14. The Labute approximate surface area is 184 Å². The fourth-order valence-corrected chi connectivity index (χ4v) is 5.91. The van der Waals surface area contributed by atoms with Crippen LogP contribution in [0.3, 0.4) is 0 Å². The van der Waals surface area contributed by atoms with Gasteiger partial charge in [0, 0.05) is 63.4 Å². The highest BCUT2D eigenvalue weighted by Gasteiger charge is 2.32. The molecule has 1 amide bonds. The largest absolute Gasteiger partial charge is 0.381 e. The number of nitrogens with one attached hydrogen (secondary N) is 1. The van der Waals surface area contributed by atoms with Crippen LogP contribution >= 0.6 is 0 Å². The van der Waals surface area contributed by atoms with Crippen LogP contribution in [0.4, 0.5) is 0 Å². The number of hydrogen-bond donors (Lipinski definition) is 1. The first kappa shape index (κ1) is 22.7. The van der Waals surface area contributed by atoms with Crippen molar-refractivity contribution in [1.29, 1.82) is 0 Å². The maximum Gasteiger partial charge on any atom is 0.251 e. The highest BCUT2D eigenvalue weighted by atomic mass is 32.2. The molecule has 2 atom stereocenters. The molecule has 0 aromatic heterocycles. The number of carbonyl (C=O) groups excluding carboxylic acids is 1. The molecule has 8 nitrogen and oxygen atoms in total. The van der Waals surface area contributed by atoms with E-state index in [1.807, 2.05) is 24.3 Å². The molecule has 3 saturated heterocycles. The number of hydrogen-bond acceptors (Lipinski definition) is 7. The Bertz CT molecular complexity index is 836. The van der Waals surface area contributed by atoms with Gasteiger partial charge in [0.15, 0.2) is 9.84 Å². The van der Waals surface area contributed by atoms with E-state index in [1.54, 1.807) is 0 Å². The molecule has 1 N–H and O–H groups in total. The second-order valence-corrected chi connectivity index (χ2v) is 11.0. The summed E-state index contributed by atoms with van der Waals surface area (Å²) in [5.74, 6) is 0.780. The van der Waals surface area contributed by atoms with Gasteiger partial charge in [-0.2, -0.15) is 0 Å². The molecule has 0 aliphatic carbocycles. The number of rotatable bonds is 7.